The summed E-state index contributed by atoms with van der Waals surface area (Å²) in [7, 11) is 0. The van der Waals surface area contributed by atoms with Gasteiger partial charge in [0, 0.05) is 17.3 Å². The topological polar surface area (TPSA) is 43.7 Å². The van der Waals surface area contributed by atoms with Crippen LogP contribution in [-0.4, -0.2) is 51.8 Å². The van der Waals surface area contributed by atoms with Crippen molar-refractivity contribution < 1.29 is 14.6 Å². The minimum Gasteiger partial charge on any atom is -0.384 e. The van der Waals surface area contributed by atoms with Crippen molar-refractivity contribution in [2.45, 2.75) is 64.3 Å². The lowest BCUT2D eigenvalue weighted by molar-refractivity contribution is 0.235. The first-order valence-electron chi connectivity index (χ1n) is 12.1. The quantitative estimate of drug-likeness (QED) is 0.190. The van der Waals surface area contributed by atoms with E-state index in [1.165, 1.54) is 25.7 Å². The third-order valence-corrected chi connectivity index (χ3v) is 6.97. The van der Waals surface area contributed by atoms with Gasteiger partial charge in [-0.25, -0.2) is 4.39 Å². The number of rotatable bonds is 11. The van der Waals surface area contributed by atoms with E-state index in [1.807, 2.05) is 24.3 Å². The monoisotopic (exact) mass is 483 g/mol. The van der Waals surface area contributed by atoms with Gasteiger partial charge >= 0.3 is 0 Å². The highest BCUT2D eigenvalue weighted by Gasteiger charge is 2.20. The number of likely N-dealkylation sites (tertiary alicyclic amines) is 1. The summed E-state index contributed by atoms with van der Waals surface area (Å²) in [6.07, 6.45) is 11.2. The molecule has 5 heteroatoms. The van der Waals surface area contributed by atoms with E-state index in [2.05, 4.69) is 42.9 Å². The molecule has 0 aromatic heterocycles. The highest BCUT2D eigenvalue weighted by atomic mass is 32.1. The summed E-state index contributed by atoms with van der Waals surface area (Å²) < 4.78 is 13.7. The number of nitrogens with zero attached hydrogens (tertiary/aromatic N) is 1. The minimum absolute atomic E-state index is 0.244. The second-order valence-electron chi connectivity index (χ2n) is 8.85. The van der Waals surface area contributed by atoms with Crippen molar-refractivity contribution in [3.05, 3.63) is 66.3 Å². The third-order valence-electron chi connectivity index (χ3n) is 6.61. The SMILES string of the molecule is C=CC(CC=CC(=C)c1ccc(CC(=S)C(O)C#CCO)c(CF)c1)N1CCCC(CC)CC1. The average molecular weight is 484 g/mol. The summed E-state index contributed by atoms with van der Waals surface area (Å²) >= 11 is 5.24. The Kier molecular flexibility index (Phi) is 12.4. The zero-order chi connectivity index (χ0) is 24.9. The van der Waals surface area contributed by atoms with Gasteiger partial charge in [-0.2, -0.15) is 0 Å². The fraction of sp³-hybridized carbons (Fsp3) is 0.483. The molecule has 1 fully saturated rings. The van der Waals surface area contributed by atoms with Crippen LogP contribution in [0, 0.1) is 17.8 Å². The van der Waals surface area contributed by atoms with Crippen molar-refractivity contribution >= 4 is 22.7 Å². The number of aliphatic hydroxyl groups is 2. The maximum absolute atomic E-state index is 13.7. The van der Waals surface area contributed by atoms with Crippen LogP contribution in [0.2, 0.25) is 0 Å². The number of hydrogen-bond acceptors (Lipinski definition) is 4. The molecular formula is C29H38FNO2S. The summed E-state index contributed by atoms with van der Waals surface area (Å²) in [6, 6.07) is 5.83. The Labute approximate surface area is 210 Å². The lowest BCUT2D eigenvalue weighted by Gasteiger charge is -2.27. The summed E-state index contributed by atoms with van der Waals surface area (Å²) in [5.74, 6) is 5.71. The Morgan fingerprint density at radius 3 is 2.79 bits per heavy atom. The number of halogens is 1. The molecule has 184 valence electrons. The van der Waals surface area contributed by atoms with E-state index in [1.54, 1.807) is 6.07 Å². The van der Waals surface area contributed by atoms with Crippen LogP contribution in [0.3, 0.4) is 0 Å². The van der Waals surface area contributed by atoms with E-state index in [-0.39, 0.29) is 13.0 Å². The first-order valence-corrected chi connectivity index (χ1v) is 12.5. The normalized spacial score (nSPS) is 18.5. The Morgan fingerprint density at radius 2 is 2.12 bits per heavy atom. The molecule has 1 aromatic rings. The van der Waals surface area contributed by atoms with Crippen LogP contribution in [-0.2, 0) is 13.1 Å². The van der Waals surface area contributed by atoms with E-state index >= 15 is 0 Å². The largest absolute Gasteiger partial charge is 0.384 e. The van der Waals surface area contributed by atoms with Gasteiger partial charge in [0.2, 0.25) is 0 Å². The Hall–Kier alpha value is -2.10. The molecule has 0 radical (unpaired) electrons. The smallest absolute Gasteiger partial charge is 0.146 e. The zero-order valence-electron chi connectivity index (χ0n) is 20.3. The molecule has 0 saturated carbocycles. The van der Waals surface area contributed by atoms with Crippen molar-refractivity contribution in [3.8, 4) is 11.8 Å². The highest BCUT2D eigenvalue weighted by Crippen LogP contribution is 2.24. The van der Waals surface area contributed by atoms with Gasteiger partial charge in [-0.3, -0.25) is 4.90 Å². The molecule has 1 saturated heterocycles. The van der Waals surface area contributed by atoms with E-state index in [0.717, 1.165) is 42.1 Å². The van der Waals surface area contributed by atoms with E-state index in [4.69, 9.17) is 17.3 Å². The first-order chi connectivity index (χ1) is 16.4. The van der Waals surface area contributed by atoms with Crippen LogP contribution < -0.4 is 0 Å². The number of aliphatic hydroxyl groups excluding tert-OH is 2. The first kappa shape index (κ1) is 28.1. The van der Waals surface area contributed by atoms with Crippen LogP contribution in [0.15, 0.2) is 49.6 Å². The van der Waals surface area contributed by atoms with Crippen molar-refractivity contribution in [2.75, 3.05) is 19.7 Å². The highest BCUT2D eigenvalue weighted by molar-refractivity contribution is 7.80. The summed E-state index contributed by atoms with van der Waals surface area (Å²) in [5, 5.41) is 18.7. The van der Waals surface area contributed by atoms with Crippen molar-refractivity contribution in [1.82, 2.24) is 4.90 Å². The molecular weight excluding hydrogens is 445 g/mol. The minimum atomic E-state index is -1.12. The average Bonchev–Trinajstić information content (AvgIpc) is 3.10. The van der Waals surface area contributed by atoms with Crippen LogP contribution >= 0.6 is 12.2 Å². The van der Waals surface area contributed by atoms with Crippen LogP contribution in [0.5, 0.6) is 0 Å². The zero-order valence-corrected chi connectivity index (χ0v) is 21.1. The lowest BCUT2D eigenvalue weighted by atomic mass is 9.96. The molecule has 1 heterocycles. The van der Waals surface area contributed by atoms with Gasteiger partial charge in [0.25, 0.3) is 0 Å². The molecule has 0 amide bonds. The second kappa shape index (κ2) is 15.0. The number of hydrogen-bond donors (Lipinski definition) is 2. The third kappa shape index (κ3) is 8.60. The van der Waals surface area contributed by atoms with Crippen molar-refractivity contribution in [3.63, 3.8) is 0 Å². The molecule has 0 spiro atoms. The fourth-order valence-corrected chi connectivity index (χ4v) is 4.61. The van der Waals surface area contributed by atoms with Gasteiger partial charge in [0.15, 0.2) is 0 Å². The summed E-state index contributed by atoms with van der Waals surface area (Å²) in [6.45, 7) is 11.8. The molecule has 3 unspecified atom stereocenters. The summed E-state index contributed by atoms with van der Waals surface area (Å²) in [5.41, 5.74) is 2.92. The maximum Gasteiger partial charge on any atom is 0.146 e. The number of benzene rings is 1. The standard InChI is InChI=1S/C29H38FNO2S/c1-4-23-10-7-16-31(17-15-23)27(5-2)11-6-9-22(3)24-13-14-25(26(19-24)21-30)20-29(34)28(33)12-8-18-32/h5-6,9,13-14,19,23,27-28,32-33H,2-4,7,10-11,15-18,20-21H2,1H3. The molecule has 1 aliphatic heterocycles. The van der Waals surface area contributed by atoms with Gasteiger partial charge in [-0.05, 0) is 73.0 Å². The second-order valence-corrected chi connectivity index (χ2v) is 9.37. The van der Waals surface area contributed by atoms with Gasteiger partial charge in [0.1, 0.15) is 19.4 Å². The molecule has 3 nitrogen and oxygen atoms in total. The molecule has 2 rings (SSSR count). The predicted molar refractivity (Wildman–Crippen MR) is 144 cm³/mol. The molecule has 3 atom stereocenters. The van der Waals surface area contributed by atoms with Crippen LogP contribution in [0.1, 0.15) is 55.7 Å². The molecule has 34 heavy (non-hydrogen) atoms. The van der Waals surface area contributed by atoms with Gasteiger partial charge in [0.05, 0.1) is 0 Å². The van der Waals surface area contributed by atoms with Crippen LogP contribution in [0.4, 0.5) is 4.39 Å². The molecule has 1 aromatic carbocycles. The van der Waals surface area contributed by atoms with Gasteiger partial charge in [-0.1, -0.05) is 74.3 Å². The van der Waals surface area contributed by atoms with Gasteiger partial charge in [-0.15, -0.1) is 6.58 Å². The summed E-state index contributed by atoms with van der Waals surface area (Å²) in [4.78, 5) is 2.84. The molecule has 0 bridgehead atoms. The predicted octanol–water partition coefficient (Wildman–Crippen LogP) is 5.45. The Morgan fingerprint density at radius 1 is 1.32 bits per heavy atom. The van der Waals surface area contributed by atoms with Gasteiger partial charge < -0.3 is 10.2 Å². The van der Waals surface area contributed by atoms with E-state index in [9.17, 15) is 9.50 Å². The lowest BCUT2D eigenvalue weighted by Crippen LogP contribution is -2.34. The molecule has 0 aliphatic carbocycles. The number of thiocarbonyl (C=S) groups is 1. The number of alkyl halides is 1. The van der Waals surface area contributed by atoms with Crippen molar-refractivity contribution in [1.29, 1.82) is 0 Å². The maximum atomic E-state index is 13.7. The Balaban J connectivity index is 2.00. The van der Waals surface area contributed by atoms with Crippen molar-refractivity contribution in [2.24, 2.45) is 5.92 Å². The van der Waals surface area contributed by atoms with E-state index in [0.29, 0.717) is 16.5 Å². The Bertz CT molecular complexity index is 930. The van der Waals surface area contributed by atoms with E-state index < -0.39 is 12.8 Å². The fourth-order valence-electron chi connectivity index (χ4n) is 4.40. The molecule has 2 N–H and O–H groups in total. The van der Waals surface area contributed by atoms with Crippen LogP contribution in [0.25, 0.3) is 5.57 Å². The molecule has 1 aliphatic rings. The number of allylic oxidation sites excluding steroid dienone is 2.